The Balaban J connectivity index is 1.65. The second-order valence-electron chi connectivity index (χ2n) is 7.18. The van der Waals surface area contributed by atoms with Crippen molar-refractivity contribution in [3.05, 3.63) is 16.1 Å². The fraction of sp³-hybridized carbons (Fsp3) is 0.789. The zero-order chi connectivity index (χ0) is 18.8. The molecule has 2 rings (SSSR count). The van der Waals surface area contributed by atoms with E-state index in [9.17, 15) is 0 Å². The third-order valence-electron chi connectivity index (χ3n) is 4.76. The van der Waals surface area contributed by atoms with E-state index in [0.29, 0.717) is 12.0 Å². The number of hydrogen-bond donors (Lipinski definition) is 2. The Kier molecular flexibility index (Phi) is 9.36. The molecule has 0 spiro atoms. The van der Waals surface area contributed by atoms with Crippen LogP contribution in [-0.2, 0) is 11.2 Å². The number of ether oxygens (including phenoxy) is 1. The number of nitrogens with zero attached hydrogens (tertiary/aromatic N) is 3. The van der Waals surface area contributed by atoms with Crippen LogP contribution in [0.15, 0.2) is 10.4 Å². The van der Waals surface area contributed by atoms with Gasteiger partial charge in [-0.15, -0.1) is 11.3 Å². The van der Waals surface area contributed by atoms with Crippen molar-refractivity contribution >= 4 is 17.3 Å². The molecular formula is C19H35N5OS. The first-order valence-corrected chi connectivity index (χ1v) is 10.7. The molecule has 148 valence electrons. The number of aryl methyl sites for hydroxylation is 2. The number of thiazole rings is 1. The fourth-order valence-electron chi connectivity index (χ4n) is 3.24. The summed E-state index contributed by atoms with van der Waals surface area (Å²) in [4.78, 5) is 11.4. The van der Waals surface area contributed by atoms with Crippen LogP contribution < -0.4 is 10.6 Å². The lowest BCUT2D eigenvalue weighted by Crippen LogP contribution is -2.52. The van der Waals surface area contributed by atoms with Crippen LogP contribution in [0.25, 0.3) is 0 Å². The van der Waals surface area contributed by atoms with E-state index in [1.165, 1.54) is 5.01 Å². The van der Waals surface area contributed by atoms with Gasteiger partial charge in [0.15, 0.2) is 5.96 Å². The van der Waals surface area contributed by atoms with Gasteiger partial charge in [0.1, 0.15) is 0 Å². The van der Waals surface area contributed by atoms with Crippen LogP contribution in [0, 0.1) is 12.8 Å². The summed E-state index contributed by atoms with van der Waals surface area (Å²) in [6.07, 6.45) is 3.34. The molecule has 0 amide bonds. The second kappa shape index (κ2) is 11.5. The summed E-state index contributed by atoms with van der Waals surface area (Å²) in [5, 5.41) is 10.3. The van der Waals surface area contributed by atoms with Gasteiger partial charge in [0.25, 0.3) is 0 Å². The molecule has 0 bridgehead atoms. The highest BCUT2D eigenvalue weighted by atomic mass is 32.1. The molecule has 2 N–H and O–H groups in total. The summed E-state index contributed by atoms with van der Waals surface area (Å²) in [5.74, 6) is 1.49. The SMILES string of the molecule is CN=C(NCCCCc1nc(C)cs1)NCC(C(C)C)N1CCOCC1. The molecule has 1 aliphatic rings. The Morgan fingerprint density at radius 2 is 2.08 bits per heavy atom. The summed E-state index contributed by atoms with van der Waals surface area (Å²) < 4.78 is 5.48. The zero-order valence-electron chi connectivity index (χ0n) is 16.8. The molecule has 26 heavy (non-hydrogen) atoms. The fourth-order valence-corrected chi connectivity index (χ4v) is 4.06. The molecule has 1 atom stereocenters. The van der Waals surface area contributed by atoms with Crippen LogP contribution in [-0.4, -0.2) is 68.3 Å². The van der Waals surface area contributed by atoms with Crippen molar-refractivity contribution in [2.45, 2.75) is 46.1 Å². The van der Waals surface area contributed by atoms with Crippen molar-refractivity contribution in [2.75, 3.05) is 46.4 Å². The number of nitrogens with one attached hydrogen (secondary N) is 2. The number of aliphatic imine (C=N–C) groups is 1. The Labute approximate surface area is 162 Å². The minimum Gasteiger partial charge on any atom is -0.379 e. The number of unbranched alkanes of at least 4 members (excludes halogenated alkanes) is 1. The van der Waals surface area contributed by atoms with Gasteiger partial charge in [0.05, 0.1) is 18.2 Å². The van der Waals surface area contributed by atoms with Crippen LogP contribution in [0.2, 0.25) is 0 Å². The molecule has 2 heterocycles. The topological polar surface area (TPSA) is 61.8 Å². The highest BCUT2D eigenvalue weighted by Crippen LogP contribution is 2.13. The van der Waals surface area contributed by atoms with Gasteiger partial charge >= 0.3 is 0 Å². The average molecular weight is 382 g/mol. The number of rotatable bonds is 9. The Hall–Kier alpha value is -1.18. The smallest absolute Gasteiger partial charge is 0.191 e. The normalized spacial score (nSPS) is 17.5. The monoisotopic (exact) mass is 381 g/mol. The van der Waals surface area contributed by atoms with Gasteiger partial charge in [-0.2, -0.15) is 0 Å². The number of hydrogen-bond acceptors (Lipinski definition) is 5. The van der Waals surface area contributed by atoms with Crippen molar-refractivity contribution in [3.8, 4) is 0 Å². The van der Waals surface area contributed by atoms with Gasteiger partial charge in [-0.05, 0) is 32.1 Å². The molecule has 1 aliphatic heterocycles. The molecule has 0 aromatic carbocycles. The zero-order valence-corrected chi connectivity index (χ0v) is 17.6. The van der Waals surface area contributed by atoms with Crippen LogP contribution in [0.3, 0.4) is 0 Å². The first kappa shape index (κ1) is 21.1. The molecule has 0 radical (unpaired) electrons. The minimum absolute atomic E-state index is 0.505. The standard InChI is InChI=1S/C19H35N5OS/c1-15(2)17(24-9-11-25-12-10-24)13-22-19(20-4)21-8-6-5-7-18-23-16(3)14-26-18/h14-15,17H,5-13H2,1-4H3,(H2,20,21,22). The van der Waals surface area contributed by atoms with E-state index >= 15 is 0 Å². The lowest BCUT2D eigenvalue weighted by molar-refractivity contribution is 0.00752. The van der Waals surface area contributed by atoms with E-state index in [-0.39, 0.29) is 0 Å². The van der Waals surface area contributed by atoms with Gasteiger partial charge in [0.2, 0.25) is 0 Å². The maximum Gasteiger partial charge on any atom is 0.191 e. The molecule has 0 saturated carbocycles. The van der Waals surface area contributed by atoms with E-state index in [2.05, 4.69) is 51.7 Å². The second-order valence-corrected chi connectivity index (χ2v) is 8.12. The van der Waals surface area contributed by atoms with Gasteiger partial charge in [-0.1, -0.05) is 13.8 Å². The summed E-state index contributed by atoms with van der Waals surface area (Å²) in [6.45, 7) is 12.2. The average Bonchev–Trinajstić information content (AvgIpc) is 3.05. The lowest BCUT2D eigenvalue weighted by Gasteiger charge is -2.37. The van der Waals surface area contributed by atoms with E-state index in [1.807, 2.05) is 7.05 Å². The Morgan fingerprint density at radius 1 is 1.31 bits per heavy atom. The van der Waals surface area contributed by atoms with E-state index in [4.69, 9.17) is 4.74 Å². The number of aromatic nitrogens is 1. The first-order chi connectivity index (χ1) is 12.6. The van der Waals surface area contributed by atoms with Crippen molar-refractivity contribution in [3.63, 3.8) is 0 Å². The molecule has 1 unspecified atom stereocenters. The van der Waals surface area contributed by atoms with Crippen molar-refractivity contribution in [1.82, 2.24) is 20.5 Å². The highest BCUT2D eigenvalue weighted by Gasteiger charge is 2.23. The predicted molar refractivity (Wildman–Crippen MR) is 110 cm³/mol. The van der Waals surface area contributed by atoms with E-state index in [0.717, 1.165) is 70.3 Å². The van der Waals surface area contributed by atoms with Gasteiger partial charge in [-0.25, -0.2) is 4.98 Å². The molecule has 1 aromatic rings. The van der Waals surface area contributed by atoms with Crippen molar-refractivity contribution in [2.24, 2.45) is 10.9 Å². The molecule has 7 heteroatoms. The maximum atomic E-state index is 5.48. The number of morpholine rings is 1. The Bertz CT molecular complexity index is 540. The summed E-state index contributed by atoms with van der Waals surface area (Å²) in [7, 11) is 1.84. The molecule has 1 aromatic heterocycles. The quantitative estimate of drug-likeness (QED) is 0.390. The third-order valence-corrected chi connectivity index (χ3v) is 5.79. The molecular weight excluding hydrogens is 346 g/mol. The minimum atomic E-state index is 0.505. The van der Waals surface area contributed by atoms with Crippen LogP contribution in [0.1, 0.15) is 37.4 Å². The van der Waals surface area contributed by atoms with Crippen LogP contribution >= 0.6 is 11.3 Å². The highest BCUT2D eigenvalue weighted by molar-refractivity contribution is 7.09. The van der Waals surface area contributed by atoms with Crippen LogP contribution in [0.4, 0.5) is 0 Å². The summed E-state index contributed by atoms with van der Waals surface area (Å²) in [5.41, 5.74) is 1.13. The largest absolute Gasteiger partial charge is 0.379 e. The van der Waals surface area contributed by atoms with Gasteiger partial charge in [-0.3, -0.25) is 9.89 Å². The maximum absolute atomic E-state index is 5.48. The van der Waals surface area contributed by atoms with Gasteiger partial charge < -0.3 is 15.4 Å². The molecule has 1 fully saturated rings. The lowest BCUT2D eigenvalue weighted by atomic mass is 10.0. The summed E-state index contributed by atoms with van der Waals surface area (Å²) in [6, 6.07) is 0.505. The van der Waals surface area contributed by atoms with Crippen molar-refractivity contribution < 1.29 is 4.74 Å². The first-order valence-electron chi connectivity index (χ1n) is 9.77. The van der Waals surface area contributed by atoms with E-state index < -0.39 is 0 Å². The third kappa shape index (κ3) is 7.21. The summed E-state index contributed by atoms with van der Waals surface area (Å²) >= 11 is 1.76. The Morgan fingerprint density at radius 3 is 2.69 bits per heavy atom. The van der Waals surface area contributed by atoms with E-state index in [1.54, 1.807) is 11.3 Å². The molecule has 1 saturated heterocycles. The molecule has 6 nitrogen and oxygen atoms in total. The number of guanidine groups is 1. The van der Waals surface area contributed by atoms with Crippen molar-refractivity contribution in [1.29, 1.82) is 0 Å². The predicted octanol–water partition coefficient (Wildman–Crippen LogP) is 2.30. The van der Waals surface area contributed by atoms with Gasteiger partial charge in [0, 0.05) is 50.3 Å². The molecule has 0 aliphatic carbocycles. The van der Waals surface area contributed by atoms with Crippen LogP contribution in [0.5, 0.6) is 0 Å².